The summed E-state index contributed by atoms with van der Waals surface area (Å²) in [6, 6.07) is 5.77. The van der Waals surface area contributed by atoms with E-state index in [1.165, 1.54) is 28.8 Å². The van der Waals surface area contributed by atoms with Crippen LogP contribution in [0.5, 0.6) is 11.8 Å². The molecule has 0 fully saturated rings. The fourth-order valence-electron chi connectivity index (χ4n) is 3.58. The van der Waals surface area contributed by atoms with Crippen molar-refractivity contribution in [3.63, 3.8) is 0 Å². The van der Waals surface area contributed by atoms with Gasteiger partial charge in [-0.3, -0.25) is 14.7 Å². The first-order valence-electron chi connectivity index (χ1n) is 7.17. The summed E-state index contributed by atoms with van der Waals surface area (Å²) < 4.78 is 1.37. The second-order valence-corrected chi connectivity index (χ2v) is 5.76. The summed E-state index contributed by atoms with van der Waals surface area (Å²) in [5.41, 5.74) is 2.06. The monoisotopic (exact) mass is 298 g/mol. The Hall–Kier alpha value is -2.76. The van der Waals surface area contributed by atoms with Gasteiger partial charge >= 0.3 is 0 Å². The molecule has 2 aromatic rings. The summed E-state index contributed by atoms with van der Waals surface area (Å²) in [6.45, 7) is 0. The van der Waals surface area contributed by atoms with Gasteiger partial charge in [-0.15, -0.1) is 0 Å². The minimum absolute atomic E-state index is 0.0265. The van der Waals surface area contributed by atoms with Crippen molar-refractivity contribution in [2.45, 2.75) is 24.7 Å². The van der Waals surface area contributed by atoms with Gasteiger partial charge in [-0.1, -0.05) is 12.2 Å². The molecule has 1 aromatic heterocycles. The van der Waals surface area contributed by atoms with Gasteiger partial charge in [0.15, 0.2) is 0 Å². The number of nitro groups is 1. The van der Waals surface area contributed by atoms with Crippen LogP contribution in [-0.2, 0) is 0 Å². The van der Waals surface area contributed by atoms with E-state index in [4.69, 9.17) is 0 Å². The van der Waals surface area contributed by atoms with E-state index >= 15 is 0 Å². The van der Waals surface area contributed by atoms with Crippen LogP contribution in [0.1, 0.15) is 35.8 Å². The molecular weight excluding hydrogens is 284 g/mol. The van der Waals surface area contributed by atoms with E-state index in [0.29, 0.717) is 5.69 Å². The smallest absolute Gasteiger partial charge is 0.269 e. The van der Waals surface area contributed by atoms with Crippen LogP contribution in [0, 0.1) is 10.1 Å². The molecule has 2 bridgehead atoms. The molecule has 0 spiro atoms. The van der Waals surface area contributed by atoms with Crippen molar-refractivity contribution in [2.24, 2.45) is 0 Å². The summed E-state index contributed by atoms with van der Waals surface area (Å²) in [7, 11) is 0. The first kappa shape index (κ1) is 12.9. The second kappa shape index (κ2) is 4.37. The van der Waals surface area contributed by atoms with Crippen LogP contribution in [0.2, 0.25) is 0 Å². The van der Waals surface area contributed by atoms with Crippen LogP contribution >= 0.6 is 0 Å². The largest absolute Gasteiger partial charge is 0.494 e. The highest BCUT2D eigenvalue weighted by molar-refractivity contribution is 5.60. The zero-order chi connectivity index (χ0) is 15.4. The van der Waals surface area contributed by atoms with Crippen LogP contribution < -0.4 is 0 Å². The van der Waals surface area contributed by atoms with Gasteiger partial charge in [0.25, 0.3) is 5.69 Å². The quantitative estimate of drug-likeness (QED) is 0.505. The topological polar surface area (TPSA) is 88.5 Å². The molecule has 3 aliphatic carbocycles. The zero-order valence-electron chi connectivity index (χ0n) is 11.6. The normalized spacial score (nSPS) is 21.8. The van der Waals surface area contributed by atoms with Crippen molar-refractivity contribution < 1.29 is 15.1 Å². The molecular formula is C16H14N2O4. The predicted molar refractivity (Wildman–Crippen MR) is 79.6 cm³/mol. The van der Waals surface area contributed by atoms with Crippen LogP contribution in [0.25, 0.3) is 5.69 Å². The SMILES string of the molecule is O=[N+]([O-])c1ccc(-n2c(O)c3c(c2O)[C@H]2C=C[C@@H]3CC2)cc1. The van der Waals surface area contributed by atoms with Gasteiger partial charge in [0.2, 0.25) is 11.8 Å². The van der Waals surface area contributed by atoms with Crippen LogP contribution in [0.15, 0.2) is 36.4 Å². The molecule has 3 aliphatic rings. The number of hydrogen-bond donors (Lipinski definition) is 2. The Kier molecular flexibility index (Phi) is 2.57. The van der Waals surface area contributed by atoms with Gasteiger partial charge in [-0.2, -0.15) is 0 Å². The summed E-state index contributed by atoms with van der Waals surface area (Å²) in [4.78, 5) is 10.2. The Labute approximate surface area is 126 Å². The average Bonchev–Trinajstić information content (AvgIpc) is 2.82. The van der Waals surface area contributed by atoms with Gasteiger partial charge in [0.05, 0.1) is 10.6 Å². The van der Waals surface area contributed by atoms with Crippen molar-refractivity contribution in [1.29, 1.82) is 0 Å². The molecule has 0 saturated heterocycles. The van der Waals surface area contributed by atoms with Crippen molar-refractivity contribution in [3.8, 4) is 17.4 Å². The lowest BCUT2D eigenvalue weighted by Gasteiger charge is -2.30. The Morgan fingerprint density at radius 1 is 1.00 bits per heavy atom. The van der Waals surface area contributed by atoms with E-state index in [2.05, 4.69) is 12.2 Å². The predicted octanol–water partition coefficient (Wildman–Crippen LogP) is 3.33. The Morgan fingerprint density at radius 3 is 1.91 bits per heavy atom. The standard InChI is InChI=1S/C16H14N2O4/c19-15-13-9-1-2-10(4-3-9)14(13)16(20)17(15)11-5-7-12(8-6-11)18(21)22/h1-2,5-10,19-20H,3-4H2/t9-,10+. The number of aromatic hydroxyl groups is 2. The summed E-state index contributed by atoms with van der Waals surface area (Å²) >= 11 is 0. The van der Waals surface area contributed by atoms with E-state index < -0.39 is 4.92 Å². The molecule has 112 valence electrons. The Morgan fingerprint density at radius 2 is 1.50 bits per heavy atom. The number of aromatic nitrogens is 1. The van der Waals surface area contributed by atoms with Crippen molar-refractivity contribution >= 4 is 5.69 Å². The number of nitrogens with zero attached hydrogens (tertiary/aromatic N) is 2. The number of nitro benzene ring substituents is 1. The molecule has 0 aliphatic heterocycles. The highest BCUT2D eigenvalue weighted by atomic mass is 16.6. The van der Waals surface area contributed by atoms with E-state index in [1.54, 1.807) is 0 Å². The number of benzene rings is 1. The van der Waals surface area contributed by atoms with Crippen molar-refractivity contribution in [1.82, 2.24) is 4.57 Å². The lowest BCUT2D eigenvalue weighted by Crippen LogP contribution is -2.15. The molecule has 6 nitrogen and oxygen atoms in total. The highest BCUT2D eigenvalue weighted by Gasteiger charge is 2.37. The van der Waals surface area contributed by atoms with Crippen molar-refractivity contribution in [2.75, 3.05) is 0 Å². The summed E-state index contributed by atoms with van der Waals surface area (Å²) in [5, 5.41) is 31.8. The molecule has 2 atom stereocenters. The third-order valence-corrected chi connectivity index (χ3v) is 4.62. The maximum Gasteiger partial charge on any atom is 0.269 e. The average molecular weight is 298 g/mol. The Bertz CT molecular complexity index is 767. The lowest BCUT2D eigenvalue weighted by atomic mass is 9.73. The van der Waals surface area contributed by atoms with Gasteiger partial charge in [0.1, 0.15) is 0 Å². The zero-order valence-corrected chi connectivity index (χ0v) is 11.6. The van der Waals surface area contributed by atoms with Gasteiger partial charge < -0.3 is 10.2 Å². The van der Waals surface area contributed by atoms with E-state index in [0.717, 1.165) is 24.0 Å². The minimum atomic E-state index is -0.478. The van der Waals surface area contributed by atoms with Gasteiger partial charge in [0, 0.05) is 35.1 Å². The van der Waals surface area contributed by atoms with Crippen LogP contribution in [-0.4, -0.2) is 19.7 Å². The molecule has 1 heterocycles. The summed E-state index contributed by atoms with van der Waals surface area (Å²) in [6.07, 6.45) is 6.09. The maximum absolute atomic E-state index is 10.7. The molecule has 22 heavy (non-hydrogen) atoms. The second-order valence-electron chi connectivity index (χ2n) is 5.76. The fraction of sp³-hybridized carbons (Fsp3) is 0.250. The summed E-state index contributed by atoms with van der Waals surface area (Å²) in [5.74, 6) is 0.316. The fourth-order valence-corrected chi connectivity index (χ4v) is 3.58. The van der Waals surface area contributed by atoms with Gasteiger partial charge in [-0.25, -0.2) is 0 Å². The molecule has 1 aromatic carbocycles. The number of hydrogen-bond acceptors (Lipinski definition) is 4. The molecule has 6 heteroatoms. The van der Waals surface area contributed by atoms with E-state index in [1.807, 2.05) is 0 Å². The number of fused-ring (bicyclic) bond motifs is 1. The minimum Gasteiger partial charge on any atom is -0.494 e. The lowest BCUT2D eigenvalue weighted by molar-refractivity contribution is -0.384. The Balaban J connectivity index is 1.87. The van der Waals surface area contributed by atoms with Crippen LogP contribution in [0.4, 0.5) is 5.69 Å². The molecule has 0 saturated carbocycles. The maximum atomic E-state index is 10.7. The third kappa shape index (κ3) is 1.60. The first-order chi connectivity index (χ1) is 10.6. The van der Waals surface area contributed by atoms with Crippen LogP contribution in [0.3, 0.4) is 0 Å². The number of rotatable bonds is 2. The molecule has 5 rings (SSSR count). The van der Waals surface area contributed by atoms with Crippen molar-refractivity contribution in [3.05, 3.63) is 57.7 Å². The van der Waals surface area contributed by atoms with E-state index in [9.17, 15) is 20.3 Å². The molecule has 0 amide bonds. The molecule has 0 radical (unpaired) electrons. The third-order valence-electron chi connectivity index (χ3n) is 4.62. The molecule has 0 unspecified atom stereocenters. The van der Waals surface area contributed by atoms with E-state index in [-0.39, 0.29) is 29.3 Å². The molecule has 2 N–H and O–H groups in total. The number of allylic oxidation sites excluding steroid dienone is 2. The number of non-ortho nitro benzene ring substituents is 1. The highest BCUT2D eigenvalue weighted by Crippen LogP contribution is 2.54. The first-order valence-corrected chi connectivity index (χ1v) is 7.17. The van der Waals surface area contributed by atoms with Gasteiger partial charge in [-0.05, 0) is 25.0 Å².